The minimum absolute atomic E-state index is 0.143. The quantitative estimate of drug-likeness (QED) is 0.606. The van der Waals surface area contributed by atoms with Gasteiger partial charge in [0, 0.05) is 50.7 Å². The van der Waals surface area contributed by atoms with Crippen LogP contribution in [0, 0.1) is 6.92 Å². The smallest absolute Gasteiger partial charge is 0.274 e. The molecule has 9 heteroatoms. The summed E-state index contributed by atoms with van der Waals surface area (Å²) in [5.74, 6) is 0.911. The minimum Gasteiger partial charge on any atom is -0.357 e. The molecule has 2 aliphatic heterocycles. The molecule has 174 valence electrons. The molecule has 2 N–H and O–H groups in total. The molecule has 1 aromatic carbocycles. The summed E-state index contributed by atoms with van der Waals surface area (Å²) in [5, 5.41) is 5.85. The summed E-state index contributed by atoms with van der Waals surface area (Å²) < 4.78 is 0. The Bertz CT molecular complexity index is 1250. The summed E-state index contributed by atoms with van der Waals surface area (Å²) in [6.07, 6.45) is 4.49. The van der Waals surface area contributed by atoms with Gasteiger partial charge in [0.2, 0.25) is 5.95 Å². The molecule has 0 unspecified atom stereocenters. The van der Waals surface area contributed by atoms with Gasteiger partial charge in [-0.25, -0.2) is 15.0 Å². The third-order valence-corrected chi connectivity index (χ3v) is 6.29. The first-order valence-electron chi connectivity index (χ1n) is 11.5. The van der Waals surface area contributed by atoms with E-state index in [1.165, 1.54) is 0 Å². The molecule has 3 aromatic rings. The maximum atomic E-state index is 13.2. The van der Waals surface area contributed by atoms with E-state index in [-0.39, 0.29) is 11.8 Å². The molecule has 0 bridgehead atoms. The number of carbonyl (C=O) groups excluding carboxylic acids is 2. The zero-order chi connectivity index (χ0) is 23.7. The molecule has 2 amide bonds. The Morgan fingerprint density at radius 1 is 1.06 bits per heavy atom. The lowest BCUT2D eigenvalue weighted by Crippen LogP contribution is -2.38. The van der Waals surface area contributed by atoms with E-state index >= 15 is 0 Å². The van der Waals surface area contributed by atoms with Crippen molar-refractivity contribution in [2.45, 2.75) is 26.2 Å². The molecule has 4 heterocycles. The standard InChI is InChI=1S/C25H27N7O2/c1-16-8-9-17(28-23(33)20-6-5-7-22(29-20)31-11-3-4-12-31)14-21(16)32-13-10-19-18(24(32)34)15-27-25(26-2)30-19/h5-9,14-15H,3-4,10-13H2,1-2H3,(H,28,33)(H,26,27,30). The van der Waals surface area contributed by atoms with Crippen LogP contribution in [-0.2, 0) is 6.42 Å². The monoisotopic (exact) mass is 457 g/mol. The molecule has 9 nitrogen and oxygen atoms in total. The van der Waals surface area contributed by atoms with Crippen molar-refractivity contribution in [2.24, 2.45) is 0 Å². The van der Waals surface area contributed by atoms with E-state index < -0.39 is 0 Å². The van der Waals surface area contributed by atoms with Crippen molar-refractivity contribution in [3.63, 3.8) is 0 Å². The van der Waals surface area contributed by atoms with Gasteiger partial charge in [0.25, 0.3) is 11.8 Å². The Labute approximate surface area is 198 Å². The fourth-order valence-corrected chi connectivity index (χ4v) is 4.45. The van der Waals surface area contributed by atoms with E-state index in [1.807, 2.05) is 37.3 Å². The van der Waals surface area contributed by atoms with Crippen LogP contribution in [0.1, 0.15) is 44.9 Å². The van der Waals surface area contributed by atoms with Crippen LogP contribution in [0.4, 0.5) is 23.1 Å². The number of pyridine rings is 1. The number of nitrogens with one attached hydrogen (secondary N) is 2. The zero-order valence-corrected chi connectivity index (χ0v) is 19.3. The van der Waals surface area contributed by atoms with Gasteiger partial charge in [-0.3, -0.25) is 9.59 Å². The van der Waals surface area contributed by atoms with Crippen LogP contribution in [-0.4, -0.2) is 53.4 Å². The highest BCUT2D eigenvalue weighted by atomic mass is 16.2. The van der Waals surface area contributed by atoms with Crippen LogP contribution in [0.2, 0.25) is 0 Å². The summed E-state index contributed by atoms with van der Waals surface area (Å²) in [6.45, 7) is 4.39. The molecular weight excluding hydrogens is 430 g/mol. The number of hydrogen-bond acceptors (Lipinski definition) is 7. The van der Waals surface area contributed by atoms with E-state index in [1.54, 1.807) is 24.2 Å². The van der Waals surface area contributed by atoms with Gasteiger partial charge in [0.15, 0.2) is 0 Å². The summed E-state index contributed by atoms with van der Waals surface area (Å²) in [4.78, 5) is 43.3. The first kappa shape index (κ1) is 21.8. The fourth-order valence-electron chi connectivity index (χ4n) is 4.45. The SMILES string of the molecule is CNc1ncc2c(n1)CCN(c1cc(NC(=O)c3cccc(N4CCCC4)n3)ccc1C)C2=O. The van der Waals surface area contributed by atoms with Crippen molar-refractivity contribution in [2.75, 3.05) is 47.1 Å². The maximum Gasteiger partial charge on any atom is 0.274 e. The van der Waals surface area contributed by atoms with Crippen molar-refractivity contribution in [1.82, 2.24) is 15.0 Å². The van der Waals surface area contributed by atoms with Gasteiger partial charge >= 0.3 is 0 Å². The number of carbonyl (C=O) groups is 2. The normalized spacial score (nSPS) is 15.3. The Kier molecular flexibility index (Phi) is 5.83. The fraction of sp³-hybridized carbons (Fsp3) is 0.320. The highest BCUT2D eigenvalue weighted by Crippen LogP contribution is 2.29. The molecule has 5 rings (SSSR count). The predicted molar refractivity (Wildman–Crippen MR) is 132 cm³/mol. The molecule has 1 saturated heterocycles. The van der Waals surface area contributed by atoms with E-state index in [0.29, 0.717) is 35.9 Å². The number of aromatic nitrogens is 3. The van der Waals surface area contributed by atoms with Crippen LogP contribution in [0.3, 0.4) is 0 Å². The predicted octanol–water partition coefficient (Wildman–Crippen LogP) is 3.28. The first-order valence-corrected chi connectivity index (χ1v) is 11.5. The number of rotatable bonds is 5. The summed E-state index contributed by atoms with van der Waals surface area (Å²) in [7, 11) is 1.75. The van der Waals surface area contributed by atoms with Crippen LogP contribution >= 0.6 is 0 Å². The van der Waals surface area contributed by atoms with E-state index in [4.69, 9.17) is 0 Å². The van der Waals surface area contributed by atoms with Crippen LogP contribution in [0.25, 0.3) is 0 Å². The van der Waals surface area contributed by atoms with Gasteiger partial charge in [-0.2, -0.15) is 0 Å². The molecule has 34 heavy (non-hydrogen) atoms. The number of benzene rings is 1. The molecule has 0 aliphatic carbocycles. The Hall–Kier alpha value is -4.01. The van der Waals surface area contributed by atoms with Crippen molar-refractivity contribution in [1.29, 1.82) is 0 Å². The second-order valence-electron chi connectivity index (χ2n) is 8.54. The summed E-state index contributed by atoms with van der Waals surface area (Å²) >= 11 is 0. The summed E-state index contributed by atoms with van der Waals surface area (Å²) in [6, 6.07) is 11.1. The Balaban J connectivity index is 1.36. The second-order valence-corrected chi connectivity index (χ2v) is 8.54. The number of nitrogens with zero attached hydrogens (tertiary/aromatic N) is 5. The van der Waals surface area contributed by atoms with E-state index in [2.05, 4.69) is 30.5 Å². The zero-order valence-electron chi connectivity index (χ0n) is 19.3. The Morgan fingerprint density at radius 2 is 1.88 bits per heavy atom. The van der Waals surface area contributed by atoms with Crippen LogP contribution < -0.4 is 20.4 Å². The van der Waals surface area contributed by atoms with Crippen molar-refractivity contribution in [3.8, 4) is 0 Å². The first-order chi connectivity index (χ1) is 16.5. The Morgan fingerprint density at radius 3 is 2.68 bits per heavy atom. The number of aryl methyl sites for hydroxylation is 1. The van der Waals surface area contributed by atoms with Gasteiger partial charge in [0.1, 0.15) is 11.5 Å². The van der Waals surface area contributed by atoms with Gasteiger partial charge in [-0.1, -0.05) is 12.1 Å². The van der Waals surface area contributed by atoms with Gasteiger partial charge in [0.05, 0.1) is 11.3 Å². The lowest BCUT2D eigenvalue weighted by Gasteiger charge is -2.29. The number of anilines is 4. The second kappa shape index (κ2) is 9.09. The lowest BCUT2D eigenvalue weighted by molar-refractivity contribution is 0.0978. The van der Waals surface area contributed by atoms with Gasteiger partial charge < -0.3 is 20.4 Å². The van der Waals surface area contributed by atoms with E-state index in [9.17, 15) is 9.59 Å². The molecular formula is C25H27N7O2. The van der Waals surface area contributed by atoms with Crippen molar-refractivity contribution >= 4 is 35.0 Å². The number of amides is 2. The van der Waals surface area contributed by atoms with Crippen molar-refractivity contribution < 1.29 is 9.59 Å². The van der Waals surface area contributed by atoms with Crippen molar-refractivity contribution in [3.05, 3.63) is 65.1 Å². The molecule has 0 radical (unpaired) electrons. The molecule has 0 saturated carbocycles. The molecule has 0 spiro atoms. The highest BCUT2D eigenvalue weighted by Gasteiger charge is 2.28. The average molecular weight is 458 g/mol. The highest BCUT2D eigenvalue weighted by molar-refractivity contribution is 6.09. The maximum absolute atomic E-state index is 13.2. The average Bonchev–Trinajstić information content (AvgIpc) is 3.41. The summed E-state index contributed by atoms with van der Waals surface area (Å²) in [5.41, 5.74) is 3.92. The molecule has 0 atom stereocenters. The third-order valence-electron chi connectivity index (χ3n) is 6.29. The van der Waals surface area contributed by atoms with Gasteiger partial charge in [-0.05, 0) is 49.6 Å². The largest absolute Gasteiger partial charge is 0.357 e. The molecule has 2 aromatic heterocycles. The van der Waals surface area contributed by atoms with Gasteiger partial charge in [-0.15, -0.1) is 0 Å². The lowest BCUT2D eigenvalue weighted by atomic mass is 10.0. The topological polar surface area (TPSA) is 103 Å². The minimum atomic E-state index is -0.279. The van der Waals surface area contributed by atoms with E-state index in [0.717, 1.165) is 48.7 Å². The molecule has 2 aliphatic rings. The number of fused-ring (bicyclic) bond motifs is 1. The molecule has 1 fully saturated rings. The third kappa shape index (κ3) is 4.16. The van der Waals surface area contributed by atoms with Crippen LogP contribution in [0.15, 0.2) is 42.6 Å². The number of hydrogen-bond donors (Lipinski definition) is 2. The van der Waals surface area contributed by atoms with Crippen LogP contribution in [0.5, 0.6) is 0 Å².